The van der Waals surface area contributed by atoms with Gasteiger partial charge in [-0.05, 0) is 50.9 Å². The highest BCUT2D eigenvalue weighted by Gasteiger charge is 2.45. The highest BCUT2D eigenvalue weighted by atomic mass is 16.4. The van der Waals surface area contributed by atoms with E-state index in [1.807, 2.05) is 11.8 Å². The third-order valence-electron chi connectivity index (χ3n) is 5.56. The molecule has 1 amide bonds. The zero-order valence-corrected chi connectivity index (χ0v) is 11.5. The summed E-state index contributed by atoms with van der Waals surface area (Å²) in [4.78, 5) is 25.7. The lowest BCUT2D eigenvalue weighted by atomic mass is 9.85. The van der Waals surface area contributed by atoms with Gasteiger partial charge in [0.2, 0.25) is 5.91 Å². The summed E-state index contributed by atoms with van der Waals surface area (Å²) >= 11 is 0. The van der Waals surface area contributed by atoms with Gasteiger partial charge in [-0.2, -0.15) is 0 Å². The second kappa shape index (κ2) is 4.80. The quantitative estimate of drug-likeness (QED) is 0.832. The lowest BCUT2D eigenvalue weighted by Gasteiger charge is -2.39. The van der Waals surface area contributed by atoms with Crippen molar-refractivity contribution in [1.29, 1.82) is 0 Å². The second-order valence-corrected chi connectivity index (χ2v) is 6.72. The average molecular weight is 265 g/mol. The Bertz CT molecular complexity index is 395. The van der Waals surface area contributed by atoms with Gasteiger partial charge in [-0.25, -0.2) is 0 Å². The van der Waals surface area contributed by atoms with Crippen molar-refractivity contribution < 1.29 is 14.7 Å². The first kappa shape index (κ1) is 12.9. The van der Waals surface area contributed by atoms with Crippen molar-refractivity contribution in [1.82, 2.24) is 4.90 Å². The number of carboxylic acid groups (broad SMARTS) is 1. The van der Waals surface area contributed by atoms with Gasteiger partial charge in [-0.15, -0.1) is 0 Å². The van der Waals surface area contributed by atoms with Gasteiger partial charge in [0.25, 0.3) is 0 Å². The highest BCUT2D eigenvalue weighted by molar-refractivity contribution is 5.80. The molecule has 2 aliphatic carbocycles. The number of fused-ring (bicyclic) bond motifs is 2. The van der Waals surface area contributed by atoms with Gasteiger partial charge in [-0.1, -0.05) is 6.42 Å². The van der Waals surface area contributed by atoms with Crippen LogP contribution >= 0.6 is 0 Å². The summed E-state index contributed by atoms with van der Waals surface area (Å²) in [5.41, 5.74) is 0. The Kier molecular flexibility index (Phi) is 3.27. The molecular formula is C15H23NO3. The number of likely N-dealkylation sites (tertiary alicyclic amines) is 1. The van der Waals surface area contributed by atoms with Crippen LogP contribution in [-0.2, 0) is 9.59 Å². The fourth-order valence-corrected chi connectivity index (χ4v) is 4.48. The SMILES string of the molecule is CC1CC(C(=O)O)CCN1C(=O)C1CC2CCC1C2. The minimum Gasteiger partial charge on any atom is -0.481 e. The zero-order chi connectivity index (χ0) is 13.6. The van der Waals surface area contributed by atoms with Crippen molar-refractivity contribution >= 4 is 11.9 Å². The number of aliphatic carboxylic acids is 1. The summed E-state index contributed by atoms with van der Waals surface area (Å²) in [6.07, 6.45) is 6.09. The van der Waals surface area contributed by atoms with E-state index in [1.165, 1.54) is 19.3 Å². The molecule has 0 aromatic carbocycles. The fourth-order valence-electron chi connectivity index (χ4n) is 4.48. The number of carbonyl (C=O) groups excluding carboxylic acids is 1. The van der Waals surface area contributed by atoms with Gasteiger partial charge >= 0.3 is 5.97 Å². The summed E-state index contributed by atoms with van der Waals surface area (Å²) in [6, 6.07) is 0.0847. The molecule has 4 nitrogen and oxygen atoms in total. The van der Waals surface area contributed by atoms with Crippen LogP contribution in [0.1, 0.15) is 45.4 Å². The summed E-state index contributed by atoms with van der Waals surface area (Å²) in [6.45, 7) is 2.63. The molecule has 1 heterocycles. The molecule has 0 spiro atoms. The number of piperidine rings is 1. The molecule has 106 valence electrons. The number of rotatable bonds is 2. The summed E-state index contributed by atoms with van der Waals surface area (Å²) in [5.74, 6) is 0.969. The summed E-state index contributed by atoms with van der Waals surface area (Å²) < 4.78 is 0. The van der Waals surface area contributed by atoms with Crippen LogP contribution in [-0.4, -0.2) is 34.5 Å². The maximum absolute atomic E-state index is 12.7. The van der Waals surface area contributed by atoms with Gasteiger partial charge in [0, 0.05) is 18.5 Å². The molecule has 0 radical (unpaired) electrons. The van der Waals surface area contributed by atoms with Crippen molar-refractivity contribution in [2.75, 3.05) is 6.54 Å². The summed E-state index contributed by atoms with van der Waals surface area (Å²) in [7, 11) is 0. The van der Waals surface area contributed by atoms with Crippen LogP contribution in [0.2, 0.25) is 0 Å². The Morgan fingerprint density at radius 2 is 1.89 bits per heavy atom. The Morgan fingerprint density at radius 1 is 1.11 bits per heavy atom. The summed E-state index contributed by atoms with van der Waals surface area (Å²) in [5, 5.41) is 9.07. The molecule has 2 saturated carbocycles. The van der Waals surface area contributed by atoms with Crippen LogP contribution < -0.4 is 0 Å². The normalized spacial score (nSPS) is 41.5. The molecule has 0 aromatic heterocycles. The number of carboxylic acids is 1. The Hall–Kier alpha value is -1.06. The van der Waals surface area contributed by atoms with Gasteiger partial charge in [0.15, 0.2) is 0 Å². The van der Waals surface area contributed by atoms with Crippen LogP contribution in [0.25, 0.3) is 0 Å². The Balaban J connectivity index is 1.63. The molecule has 2 bridgehead atoms. The zero-order valence-electron chi connectivity index (χ0n) is 11.5. The second-order valence-electron chi connectivity index (χ2n) is 6.72. The average Bonchev–Trinajstić information content (AvgIpc) is 3.00. The first-order valence-electron chi connectivity index (χ1n) is 7.59. The molecule has 0 aromatic rings. The highest BCUT2D eigenvalue weighted by Crippen LogP contribution is 2.49. The van der Waals surface area contributed by atoms with Crippen molar-refractivity contribution in [2.24, 2.45) is 23.7 Å². The van der Waals surface area contributed by atoms with Crippen molar-refractivity contribution in [2.45, 2.75) is 51.5 Å². The van der Waals surface area contributed by atoms with Gasteiger partial charge in [0.1, 0.15) is 0 Å². The molecule has 1 aliphatic heterocycles. The topological polar surface area (TPSA) is 57.6 Å². The van der Waals surface area contributed by atoms with E-state index in [-0.39, 0.29) is 17.9 Å². The molecule has 1 N–H and O–H groups in total. The maximum atomic E-state index is 12.7. The van der Waals surface area contributed by atoms with E-state index in [4.69, 9.17) is 5.11 Å². The van der Waals surface area contributed by atoms with E-state index >= 15 is 0 Å². The minimum atomic E-state index is -0.709. The molecule has 19 heavy (non-hydrogen) atoms. The lowest BCUT2D eigenvalue weighted by molar-refractivity contribution is -0.149. The maximum Gasteiger partial charge on any atom is 0.306 e. The van der Waals surface area contributed by atoms with Gasteiger partial charge < -0.3 is 10.0 Å². The van der Waals surface area contributed by atoms with Gasteiger partial charge in [0.05, 0.1) is 5.92 Å². The number of nitrogens with zero attached hydrogens (tertiary/aromatic N) is 1. The number of hydrogen-bond acceptors (Lipinski definition) is 2. The van der Waals surface area contributed by atoms with Crippen molar-refractivity contribution in [3.8, 4) is 0 Å². The van der Waals surface area contributed by atoms with Crippen LogP contribution in [0.5, 0.6) is 0 Å². The van der Waals surface area contributed by atoms with Crippen LogP contribution in [0, 0.1) is 23.7 Å². The van der Waals surface area contributed by atoms with E-state index in [0.717, 1.165) is 12.3 Å². The van der Waals surface area contributed by atoms with E-state index in [2.05, 4.69) is 0 Å². The van der Waals surface area contributed by atoms with Crippen molar-refractivity contribution in [3.63, 3.8) is 0 Å². The Morgan fingerprint density at radius 3 is 2.42 bits per heavy atom. The van der Waals surface area contributed by atoms with Crippen LogP contribution in [0.4, 0.5) is 0 Å². The van der Waals surface area contributed by atoms with E-state index in [1.54, 1.807) is 0 Å². The Labute approximate surface area is 114 Å². The first-order chi connectivity index (χ1) is 9.06. The molecule has 4 heteroatoms. The molecule has 5 unspecified atom stereocenters. The van der Waals surface area contributed by atoms with E-state index < -0.39 is 5.97 Å². The fraction of sp³-hybridized carbons (Fsp3) is 0.867. The number of carbonyl (C=O) groups is 2. The third kappa shape index (κ3) is 2.26. The predicted octanol–water partition coefficient (Wildman–Crippen LogP) is 2.13. The minimum absolute atomic E-state index is 0.0847. The molecule has 1 saturated heterocycles. The number of hydrogen-bond donors (Lipinski definition) is 1. The predicted molar refractivity (Wildman–Crippen MR) is 70.5 cm³/mol. The van der Waals surface area contributed by atoms with Crippen molar-refractivity contribution in [3.05, 3.63) is 0 Å². The third-order valence-corrected chi connectivity index (χ3v) is 5.56. The standard InChI is InChI=1S/C15H23NO3/c1-9-6-12(15(18)19)4-5-16(9)14(17)13-8-10-2-3-11(13)7-10/h9-13H,2-8H2,1H3,(H,18,19). The van der Waals surface area contributed by atoms with E-state index in [0.29, 0.717) is 31.2 Å². The molecule has 5 atom stereocenters. The van der Waals surface area contributed by atoms with E-state index in [9.17, 15) is 9.59 Å². The molecule has 3 rings (SSSR count). The molecular weight excluding hydrogens is 242 g/mol. The lowest BCUT2D eigenvalue weighted by Crippen LogP contribution is -2.49. The van der Waals surface area contributed by atoms with Crippen LogP contribution in [0.15, 0.2) is 0 Å². The smallest absolute Gasteiger partial charge is 0.306 e. The number of amides is 1. The molecule has 3 fully saturated rings. The monoisotopic (exact) mass is 265 g/mol. The first-order valence-corrected chi connectivity index (χ1v) is 7.59. The van der Waals surface area contributed by atoms with Gasteiger partial charge in [-0.3, -0.25) is 9.59 Å². The van der Waals surface area contributed by atoms with Crippen LogP contribution in [0.3, 0.4) is 0 Å². The largest absolute Gasteiger partial charge is 0.481 e. The molecule has 3 aliphatic rings.